The second kappa shape index (κ2) is 14.3. The topological polar surface area (TPSA) is 148 Å². The van der Waals surface area contributed by atoms with Crippen LogP contribution in [0.3, 0.4) is 0 Å². The monoisotopic (exact) mass is 649 g/mol. The van der Waals surface area contributed by atoms with Crippen molar-refractivity contribution in [1.29, 1.82) is 0 Å². The van der Waals surface area contributed by atoms with E-state index in [1.165, 1.54) is 17.5 Å². The highest BCUT2D eigenvalue weighted by Crippen LogP contribution is 2.47. The minimum atomic E-state index is -0.968. The molecule has 0 bridgehead atoms. The van der Waals surface area contributed by atoms with Crippen molar-refractivity contribution in [1.82, 2.24) is 14.8 Å². The van der Waals surface area contributed by atoms with E-state index in [0.717, 1.165) is 52.7 Å². The third kappa shape index (κ3) is 8.55. The predicted molar refractivity (Wildman–Crippen MR) is 183 cm³/mol. The number of aliphatic imine (C=N–C) groups is 2. The van der Waals surface area contributed by atoms with Crippen LogP contribution in [0.2, 0.25) is 5.02 Å². The molecule has 45 heavy (non-hydrogen) atoms. The molecule has 2 amide bonds. The normalized spacial score (nSPS) is 15.0. The molecule has 5 N–H and O–H groups in total. The second-order valence-electron chi connectivity index (χ2n) is 12.1. The number of hydrogen-bond acceptors (Lipinski definition) is 4. The number of halogens is 1. The highest BCUT2D eigenvalue weighted by atomic mass is 35.5. The van der Waals surface area contributed by atoms with Crippen LogP contribution < -0.4 is 16.8 Å². The van der Waals surface area contributed by atoms with Gasteiger partial charge in [0.05, 0.1) is 6.42 Å². The number of fused-ring (bicyclic) bond motifs is 1. The minimum absolute atomic E-state index is 0.0396. The summed E-state index contributed by atoms with van der Waals surface area (Å²) in [5.74, 6) is -1.03. The molecule has 1 unspecified atom stereocenters. The fourth-order valence-corrected chi connectivity index (χ4v) is 6.42. The quantitative estimate of drug-likeness (QED) is 0.229. The molecular formula is C33H40ClN7O3S. The smallest absolute Gasteiger partial charge is 0.271 e. The standard InChI is InChI=1S/C33H40ClN7O3S/c1-20(42)37-24(30(44)38-31(35)39-32(36)40(4)5)15-16-45-27(43)17-25-28(22-11-13-23(34)14-12-22)29(21-9-7-6-8-10-21)26-18-33(2,3)19-41(25)26/h6-14,24H,15-19H2,1-5H3,(H,37,42)(H4,35,36,38,39,44). The second-order valence-corrected chi connectivity index (χ2v) is 13.6. The van der Waals surface area contributed by atoms with Gasteiger partial charge in [-0.1, -0.05) is 79.7 Å². The predicted octanol–water partition coefficient (Wildman–Crippen LogP) is 4.47. The molecule has 3 aromatic rings. The summed E-state index contributed by atoms with van der Waals surface area (Å²) in [6, 6.07) is 17.0. The third-order valence-electron chi connectivity index (χ3n) is 7.48. The van der Waals surface area contributed by atoms with Crippen molar-refractivity contribution in [2.45, 2.75) is 52.6 Å². The van der Waals surface area contributed by atoms with Crippen molar-refractivity contribution >= 4 is 52.2 Å². The first-order chi connectivity index (χ1) is 21.3. The van der Waals surface area contributed by atoms with Crippen molar-refractivity contribution in [3.8, 4) is 22.3 Å². The number of nitrogens with zero attached hydrogens (tertiary/aromatic N) is 4. The third-order valence-corrected chi connectivity index (χ3v) is 8.63. The zero-order valence-electron chi connectivity index (χ0n) is 26.3. The summed E-state index contributed by atoms with van der Waals surface area (Å²) in [7, 11) is 3.35. The first-order valence-electron chi connectivity index (χ1n) is 14.6. The fourth-order valence-electron chi connectivity index (χ4n) is 5.47. The van der Waals surface area contributed by atoms with Gasteiger partial charge < -0.3 is 26.3 Å². The lowest BCUT2D eigenvalue weighted by molar-refractivity contribution is -0.126. The van der Waals surface area contributed by atoms with Gasteiger partial charge in [-0.2, -0.15) is 9.98 Å². The first kappa shape index (κ1) is 33.8. The fraction of sp³-hybridized carbons (Fsp3) is 0.364. The molecule has 12 heteroatoms. The molecule has 0 aliphatic carbocycles. The maximum atomic E-state index is 13.6. The van der Waals surface area contributed by atoms with Gasteiger partial charge in [-0.3, -0.25) is 14.4 Å². The summed E-state index contributed by atoms with van der Waals surface area (Å²) in [4.78, 5) is 47.4. The van der Waals surface area contributed by atoms with E-state index in [2.05, 4.69) is 45.8 Å². The van der Waals surface area contributed by atoms with E-state index in [-0.39, 0.29) is 41.0 Å². The Labute approximate surface area is 273 Å². The van der Waals surface area contributed by atoms with Crippen LogP contribution >= 0.6 is 23.4 Å². The van der Waals surface area contributed by atoms with Crippen molar-refractivity contribution in [3.63, 3.8) is 0 Å². The number of thioether (sulfide) groups is 1. The zero-order valence-corrected chi connectivity index (χ0v) is 27.8. The number of aromatic nitrogens is 1. The Hall–Kier alpha value is -4.09. The molecule has 1 aliphatic heterocycles. The Morgan fingerprint density at radius 3 is 2.29 bits per heavy atom. The molecule has 0 fully saturated rings. The molecule has 1 atom stereocenters. The summed E-state index contributed by atoms with van der Waals surface area (Å²) >= 11 is 7.37. The highest BCUT2D eigenvalue weighted by molar-refractivity contribution is 8.13. The maximum absolute atomic E-state index is 13.6. The zero-order chi connectivity index (χ0) is 32.9. The Bertz CT molecular complexity index is 1630. The molecule has 0 spiro atoms. The van der Waals surface area contributed by atoms with Crippen LogP contribution in [-0.4, -0.2) is 64.2 Å². The molecule has 4 rings (SSSR count). The van der Waals surface area contributed by atoms with Crippen molar-refractivity contribution in [2.24, 2.45) is 26.9 Å². The number of amides is 2. The van der Waals surface area contributed by atoms with Gasteiger partial charge in [-0.05, 0) is 41.5 Å². The van der Waals surface area contributed by atoms with Crippen molar-refractivity contribution in [2.75, 3.05) is 19.8 Å². The van der Waals surface area contributed by atoms with E-state index in [1.807, 2.05) is 42.5 Å². The Morgan fingerprint density at radius 2 is 1.67 bits per heavy atom. The Kier molecular flexibility index (Phi) is 10.8. The summed E-state index contributed by atoms with van der Waals surface area (Å²) in [5.41, 5.74) is 18.0. The number of guanidine groups is 2. The maximum Gasteiger partial charge on any atom is 0.271 e. The summed E-state index contributed by atoms with van der Waals surface area (Å²) in [5, 5.41) is 3.20. The molecule has 1 aromatic heterocycles. The average Bonchev–Trinajstić information content (AvgIpc) is 3.43. The van der Waals surface area contributed by atoms with E-state index in [9.17, 15) is 14.4 Å². The summed E-state index contributed by atoms with van der Waals surface area (Å²) in [6.07, 6.45) is 1.26. The SMILES string of the molecule is CC(=O)NC(CCSC(=O)Cc1c(-c2ccc(Cl)cc2)c(-c2ccccc2)c2n1CC(C)(C)C2)C(=O)N=C(N)N=C(N)N(C)C. The highest BCUT2D eigenvalue weighted by Gasteiger charge is 2.36. The number of nitrogens with two attached hydrogens (primary N) is 2. The van der Waals surface area contributed by atoms with Crippen LogP contribution in [0.15, 0.2) is 64.6 Å². The lowest BCUT2D eigenvalue weighted by Gasteiger charge is -2.19. The number of nitrogens with one attached hydrogen (secondary N) is 1. The summed E-state index contributed by atoms with van der Waals surface area (Å²) in [6.45, 7) is 6.59. The molecule has 2 heterocycles. The number of carbonyl (C=O) groups excluding carboxylic acids is 3. The van der Waals surface area contributed by atoms with E-state index in [1.54, 1.807) is 14.1 Å². The Morgan fingerprint density at radius 1 is 1.02 bits per heavy atom. The van der Waals surface area contributed by atoms with Gasteiger partial charge in [0.1, 0.15) is 6.04 Å². The molecule has 10 nitrogen and oxygen atoms in total. The average molecular weight is 650 g/mol. The van der Waals surface area contributed by atoms with Gasteiger partial charge >= 0.3 is 0 Å². The van der Waals surface area contributed by atoms with E-state index < -0.39 is 17.9 Å². The number of carbonyl (C=O) groups is 3. The number of hydrogen-bond donors (Lipinski definition) is 3. The lowest BCUT2D eigenvalue weighted by Crippen LogP contribution is -2.40. The van der Waals surface area contributed by atoms with Gasteiger partial charge in [0, 0.05) is 60.9 Å². The van der Waals surface area contributed by atoms with Crippen LogP contribution in [0.5, 0.6) is 0 Å². The van der Waals surface area contributed by atoms with Gasteiger partial charge in [0.15, 0.2) is 11.1 Å². The molecule has 0 radical (unpaired) electrons. The minimum Gasteiger partial charge on any atom is -0.369 e. The molecule has 238 valence electrons. The van der Waals surface area contributed by atoms with Gasteiger partial charge in [-0.25, -0.2) is 0 Å². The Balaban J connectivity index is 1.59. The lowest BCUT2D eigenvalue weighted by atomic mass is 9.86. The van der Waals surface area contributed by atoms with Crippen LogP contribution in [0.4, 0.5) is 0 Å². The van der Waals surface area contributed by atoms with Crippen LogP contribution in [-0.2, 0) is 33.8 Å². The summed E-state index contributed by atoms with van der Waals surface area (Å²) < 4.78 is 2.31. The molecular weight excluding hydrogens is 610 g/mol. The largest absolute Gasteiger partial charge is 0.369 e. The van der Waals surface area contributed by atoms with Crippen LogP contribution in [0.1, 0.15) is 38.6 Å². The van der Waals surface area contributed by atoms with Gasteiger partial charge in [0.2, 0.25) is 11.9 Å². The van der Waals surface area contributed by atoms with Gasteiger partial charge in [0.25, 0.3) is 5.91 Å². The molecule has 2 aromatic carbocycles. The number of rotatable bonds is 9. The van der Waals surface area contributed by atoms with E-state index in [4.69, 9.17) is 23.1 Å². The molecule has 1 aliphatic rings. The van der Waals surface area contributed by atoms with E-state index in [0.29, 0.717) is 5.02 Å². The van der Waals surface area contributed by atoms with Crippen LogP contribution in [0.25, 0.3) is 22.3 Å². The molecule has 0 saturated carbocycles. The first-order valence-corrected chi connectivity index (χ1v) is 16.0. The van der Waals surface area contributed by atoms with Crippen molar-refractivity contribution < 1.29 is 14.4 Å². The van der Waals surface area contributed by atoms with E-state index >= 15 is 0 Å². The number of benzene rings is 2. The molecule has 0 saturated heterocycles. The van der Waals surface area contributed by atoms with Crippen molar-refractivity contribution in [3.05, 3.63) is 71.0 Å². The van der Waals surface area contributed by atoms with Crippen LogP contribution in [0, 0.1) is 5.41 Å². The van der Waals surface area contributed by atoms with Gasteiger partial charge in [-0.15, -0.1) is 0 Å².